The molecule has 7 heteroatoms. The van der Waals surface area contributed by atoms with Gasteiger partial charge >= 0.3 is 6.09 Å². The number of rotatable bonds is 4. The number of carbonyl (C=O) groups is 2. The minimum Gasteiger partial charge on any atom is -0.444 e. The second-order valence-corrected chi connectivity index (χ2v) is 9.76. The lowest BCUT2D eigenvalue weighted by Gasteiger charge is -2.42. The summed E-state index contributed by atoms with van der Waals surface area (Å²) in [7, 11) is 0. The van der Waals surface area contributed by atoms with Gasteiger partial charge in [-0.15, -0.1) is 0 Å². The van der Waals surface area contributed by atoms with Crippen LogP contribution >= 0.6 is 11.6 Å². The minimum atomic E-state index is -0.537. The van der Waals surface area contributed by atoms with Gasteiger partial charge in [-0.25, -0.2) is 4.79 Å². The third kappa shape index (κ3) is 5.67. The summed E-state index contributed by atoms with van der Waals surface area (Å²) in [5, 5.41) is 3.53. The van der Waals surface area contributed by atoms with Gasteiger partial charge in [0.05, 0.1) is 5.41 Å². The summed E-state index contributed by atoms with van der Waals surface area (Å²) >= 11 is 6.07. The van der Waals surface area contributed by atoms with Crippen LogP contribution in [0.4, 0.5) is 4.79 Å². The maximum absolute atomic E-state index is 13.6. The van der Waals surface area contributed by atoms with Crippen molar-refractivity contribution >= 4 is 23.6 Å². The number of nitrogens with zero attached hydrogens (tertiary/aromatic N) is 1. The molecule has 0 unspecified atom stereocenters. The van der Waals surface area contributed by atoms with Gasteiger partial charge in [-0.3, -0.25) is 4.79 Å². The zero-order valence-corrected chi connectivity index (χ0v) is 19.0. The average Bonchev–Trinajstić information content (AvgIpc) is 2.72. The number of piperidine rings is 1. The highest BCUT2D eigenvalue weighted by Gasteiger charge is 2.44. The van der Waals surface area contributed by atoms with Gasteiger partial charge in [0.1, 0.15) is 5.60 Å². The Hall–Kier alpha value is -1.79. The maximum Gasteiger partial charge on any atom is 0.407 e. The van der Waals surface area contributed by atoms with Crippen molar-refractivity contribution in [3.8, 4) is 0 Å². The van der Waals surface area contributed by atoms with E-state index in [0.29, 0.717) is 56.6 Å². The van der Waals surface area contributed by atoms with Crippen LogP contribution in [-0.2, 0) is 19.7 Å². The van der Waals surface area contributed by atoms with Gasteiger partial charge in [0.15, 0.2) is 0 Å². The zero-order chi connectivity index (χ0) is 21.8. The third-order valence-corrected chi connectivity index (χ3v) is 6.24. The Morgan fingerprint density at radius 3 is 2.33 bits per heavy atom. The first-order chi connectivity index (χ1) is 14.2. The van der Waals surface area contributed by atoms with Gasteiger partial charge in [0.25, 0.3) is 0 Å². The highest BCUT2D eigenvalue weighted by Crippen LogP contribution is 2.38. The number of hydrogen-bond donors (Lipinski definition) is 1. The number of amides is 2. The summed E-state index contributed by atoms with van der Waals surface area (Å²) in [6.07, 6.45) is 2.73. The molecular weight excluding hydrogens is 404 g/mol. The summed E-state index contributed by atoms with van der Waals surface area (Å²) in [5.74, 6) is 0.536. The van der Waals surface area contributed by atoms with Crippen molar-refractivity contribution in [3.63, 3.8) is 0 Å². The first-order valence-corrected chi connectivity index (χ1v) is 11.2. The Kier molecular flexibility index (Phi) is 7.30. The molecule has 2 fully saturated rings. The van der Waals surface area contributed by atoms with Crippen LogP contribution in [0.15, 0.2) is 24.3 Å². The fourth-order valence-corrected chi connectivity index (χ4v) is 4.43. The molecule has 3 rings (SSSR count). The third-order valence-electron chi connectivity index (χ3n) is 5.99. The highest BCUT2D eigenvalue weighted by atomic mass is 35.5. The van der Waals surface area contributed by atoms with Crippen molar-refractivity contribution in [1.82, 2.24) is 10.2 Å². The number of nitrogens with one attached hydrogen (secondary N) is 1. The zero-order valence-electron chi connectivity index (χ0n) is 18.2. The van der Waals surface area contributed by atoms with E-state index in [1.165, 1.54) is 0 Å². The van der Waals surface area contributed by atoms with Crippen LogP contribution in [0.25, 0.3) is 0 Å². The second-order valence-electron chi connectivity index (χ2n) is 9.32. The fraction of sp³-hybridized carbons (Fsp3) is 0.652. The van der Waals surface area contributed by atoms with Crippen LogP contribution in [-0.4, -0.2) is 55.3 Å². The van der Waals surface area contributed by atoms with E-state index in [1.54, 1.807) is 0 Å². The lowest BCUT2D eigenvalue weighted by atomic mass is 9.72. The van der Waals surface area contributed by atoms with Crippen LogP contribution in [0.1, 0.15) is 52.0 Å². The standard InChI is InChI=1S/C23H33ClN2O4/c1-22(2,3)30-21(28)25-16-17-8-12-26(13-9-17)20(27)23(10-14-29-15-11-23)18-4-6-19(24)7-5-18/h4-7,17H,8-16H2,1-3H3,(H,25,28). The lowest BCUT2D eigenvalue weighted by Crippen LogP contribution is -2.52. The molecule has 0 bridgehead atoms. The first-order valence-electron chi connectivity index (χ1n) is 10.8. The van der Waals surface area contributed by atoms with E-state index in [0.717, 1.165) is 18.4 Å². The number of halogens is 1. The quantitative estimate of drug-likeness (QED) is 0.769. The van der Waals surface area contributed by atoms with E-state index in [-0.39, 0.29) is 12.0 Å². The van der Waals surface area contributed by atoms with Crippen molar-refractivity contribution in [3.05, 3.63) is 34.9 Å². The molecule has 0 aliphatic carbocycles. The minimum absolute atomic E-state index is 0.187. The molecule has 2 aliphatic rings. The van der Waals surface area contributed by atoms with Gasteiger partial charge in [0.2, 0.25) is 5.91 Å². The van der Waals surface area contributed by atoms with E-state index in [2.05, 4.69) is 5.32 Å². The van der Waals surface area contributed by atoms with E-state index >= 15 is 0 Å². The molecule has 1 aromatic carbocycles. The van der Waals surface area contributed by atoms with Crippen molar-refractivity contribution in [2.45, 2.75) is 57.5 Å². The molecule has 6 nitrogen and oxygen atoms in total. The maximum atomic E-state index is 13.6. The van der Waals surface area contributed by atoms with E-state index in [9.17, 15) is 9.59 Å². The summed E-state index contributed by atoms with van der Waals surface area (Å²) in [6, 6.07) is 7.66. The molecule has 2 aliphatic heterocycles. The number of ether oxygens (including phenoxy) is 2. The predicted octanol–water partition coefficient (Wildman–Crippen LogP) is 4.15. The van der Waals surface area contributed by atoms with Crippen LogP contribution in [0, 0.1) is 5.92 Å². The molecule has 1 N–H and O–H groups in total. The lowest BCUT2D eigenvalue weighted by molar-refractivity contribution is -0.142. The molecular formula is C23H33ClN2O4. The molecule has 0 atom stereocenters. The summed E-state index contributed by atoms with van der Waals surface area (Å²) in [5.41, 5.74) is -0.0156. The van der Waals surface area contributed by atoms with Gasteiger partial charge in [-0.05, 0) is 70.1 Å². The predicted molar refractivity (Wildman–Crippen MR) is 117 cm³/mol. The summed E-state index contributed by atoms with van der Waals surface area (Å²) in [4.78, 5) is 27.5. The number of alkyl carbamates (subject to hydrolysis) is 1. The fourth-order valence-electron chi connectivity index (χ4n) is 4.30. The van der Waals surface area contributed by atoms with Crippen LogP contribution in [0.5, 0.6) is 0 Å². The number of carbonyl (C=O) groups excluding carboxylic acids is 2. The molecule has 30 heavy (non-hydrogen) atoms. The molecule has 0 radical (unpaired) electrons. The largest absolute Gasteiger partial charge is 0.444 e. The average molecular weight is 437 g/mol. The molecule has 166 valence electrons. The highest BCUT2D eigenvalue weighted by molar-refractivity contribution is 6.30. The SMILES string of the molecule is CC(C)(C)OC(=O)NCC1CCN(C(=O)C2(c3ccc(Cl)cc3)CCOCC2)CC1. The molecule has 0 saturated carbocycles. The Bertz CT molecular complexity index is 731. The Morgan fingerprint density at radius 1 is 1.17 bits per heavy atom. The topological polar surface area (TPSA) is 67.9 Å². The van der Waals surface area contributed by atoms with Gasteiger partial charge < -0.3 is 19.7 Å². The molecule has 0 aromatic heterocycles. The van der Waals surface area contributed by atoms with E-state index < -0.39 is 11.0 Å². The van der Waals surface area contributed by atoms with Crippen LogP contribution in [0.3, 0.4) is 0 Å². The number of benzene rings is 1. The van der Waals surface area contributed by atoms with Crippen molar-refractivity contribution in [2.24, 2.45) is 5.92 Å². The Labute approximate surface area is 184 Å². The van der Waals surface area contributed by atoms with Gasteiger partial charge in [-0.1, -0.05) is 23.7 Å². The summed E-state index contributed by atoms with van der Waals surface area (Å²) in [6.45, 7) is 8.71. The second kappa shape index (κ2) is 9.56. The first kappa shape index (κ1) is 22.9. The Balaban J connectivity index is 1.59. The molecule has 0 spiro atoms. The number of hydrogen-bond acceptors (Lipinski definition) is 4. The number of likely N-dealkylation sites (tertiary alicyclic amines) is 1. The molecule has 2 heterocycles. The van der Waals surface area contributed by atoms with Crippen molar-refractivity contribution in [2.75, 3.05) is 32.8 Å². The Morgan fingerprint density at radius 2 is 1.77 bits per heavy atom. The van der Waals surface area contributed by atoms with Crippen molar-refractivity contribution < 1.29 is 19.1 Å². The smallest absolute Gasteiger partial charge is 0.407 e. The van der Waals surface area contributed by atoms with E-state index in [1.807, 2.05) is 49.9 Å². The molecule has 1 aromatic rings. The van der Waals surface area contributed by atoms with Crippen LogP contribution < -0.4 is 5.32 Å². The van der Waals surface area contributed by atoms with Crippen LogP contribution in [0.2, 0.25) is 5.02 Å². The monoisotopic (exact) mass is 436 g/mol. The molecule has 2 amide bonds. The summed E-state index contributed by atoms with van der Waals surface area (Å²) < 4.78 is 10.9. The molecule has 2 saturated heterocycles. The van der Waals surface area contributed by atoms with Gasteiger partial charge in [-0.2, -0.15) is 0 Å². The normalized spacial score (nSPS) is 19.9. The van der Waals surface area contributed by atoms with Crippen molar-refractivity contribution in [1.29, 1.82) is 0 Å². The van der Waals surface area contributed by atoms with Gasteiger partial charge in [0, 0.05) is 37.9 Å². The van der Waals surface area contributed by atoms with E-state index in [4.69, 9.17) is 21.1 Å².